The van der Waals surface area contributed by atoms with Crippen LogP contribution in [0.25, 0.3) is 0 Å². The molecule has 1 unspecified atom stereocenters. The van der Waals surface area contributed by atoms with Gasteiger partial charge in [-0.25, -0.2) is 0 Å². The first-order valence-corrected chi connectivity index (χ1v) is 6.36. The molecular weight excluding hydrogens is 196 g/mol. The summed E-state index contributed by atoms with van der Waals surface area (Å²) in [6.07, 6.45) is 2.43. The van der Waals surface area contributed by atoms with Gasteiger partial charge in [0.1, 0.15) is 0 Å². The molecule has 0 aromatic heterocycles. The van der Waals surface area contributed by atoms with Crippen molar-refractivity contribution in [3.63, 3.8) is 0 Å². The molecule has 0 saturated heterocycles. The van der Waals surface area contributed by atoms with E-state index < -0.39 is 0 Å². The summed E-state index contributed by atoms with van der Waals surface area (Å²) in [5.41, 5.74) is 4.19. The molecule has 0 aliphatic carbocycles. The number of anilines is 1. The SMILES string of the molecule is CCC(C)CNCc1ccc2c(c1)NCC2. The highest BCUT2D eigenvalue weighted by atomic mass is 14.9. The van der Waals surface area contributed by atoms with Crippen LogP contribution in [0, 0.1) is 5.92 Å². The molecule has 88 valence electrons. The third-order valence-corrected chi connectivity index (χ3v) is 3.40. The monoisotopic (exact) mass is 218 g/mol. The van der Waals surface area contributed by atoms with E-state index in [9.17, 15) is 0 Å². The Balaban J connectivity index is 1.86. The van der Waals surface area contributed by atoms with Gasteiger partial charge in [0, 0.05) is 18.8 Å². The molecule has 1 aromatic carbocycles. The second-order valence-corrected chi connectivity index (χ2v) is 4.81. The summed E-state index contributed by atoms with van der Waals surface area (Å²) in [7, 11) is 0. The van der Waals surface area contributed by atoms with Crippen molar-refractivity contribution in [3.05, 3.63) is 29.3 Å². The molecule has 2 rings (SSSR count). The molecular formula is C14H22N2. The maximum absolute atomic E-state index is 3.52. The van der Waals surface area contributed by atoms with Crippen LogP contribution in [-0.2, 0) is 13.0 Å². The average Bonchev–Trinajstić information content (AvgIpc) is 2.76. The van der Waals surface area contributed by atoms with E-state index in [1.165, 1.54) is 29.7 Å². The topological polar surface area (TPSA) is 24.1 Å². The number of benzene rings is 1. The Hall–Kier alpha value is -1.02. The van der Waals surface area contributed by atoms with Crippen LogP contribution in [0.4, 0.5) is 5.69 Å². The van der Waals surface area contributed by atoms with Crippen LogP contribution in [-0.4, -0.2) is 13.1 Å². The van der Waals surface area contributed by atoms with E-state index in [1.54, 1.807) is 0 Å². The first-order valence-electron chi connectivity index (χ1n) is 6.36. The Kier molecular flexibility index (Phi) is 3.83. The van der Waals surface area contributed by atoms with Gasteiger partial charge in [0.2, 0.25) is 0 Å². The van der Waals surface area contributed by atoms with Gasteiger partial charge in [-0.15, -0.1) is 0 Å². The van der Waals surface area contributed by atoms with Crippen LogP contribution in [0.2, 0.25) is 0 Å². The smallest absolute Gasteiger partial charge is 0.0376 e. The lowest BCUT2D eigenvalue weighted by atomic mass is 10.1. The van der Waals surface area contributed by atoms with Crippen molar-refractivity contribution in [2.24, 2.45) is 5.92 Å². The fourth-order valence-corrected chi connectivity index (χ4v) is 2.06. The Bertz CT molecular complexity index is 347. The lowest BCUT2D eigenvalue weighted by molar-refractivity contribution is 0.500. The molecule has 0 bridgehead atoms. The predicted molar refractivity (Wildman–Crippen MR) is 69.8 cm³/mol. The molecule has 0 spiro atoms. The van der Waals surface area contributed by atoms with Gasteiger partial charge in [-0.1, -0.05) is 32.4 Å². The molecule has 0 amide bonds. The molecule has 16 heavy (non-hydrogen) atoms. The highest BCUT2D eigenvalue weighted by Crippen LogP contribution is 2.23. The minimum Gasteiger partial charge on any atom is -0.384 e. The average molecular weight is 218 g/mol. The van der Waals surface area contributed by atoms with Crippen LogP contribution in [0.5, 0.6) is 0 Å². The minimum atomic E-state index is 0.771. The van der Waals surface area contributed by atoms with Crippen LogP contribution in [0.15, 0.2) is 18.2 Å². The fraction of sp³-hybridized carbons (Fsp3) is 0.571. The quantitative estimate of drug-likeness (QED) is 0.794. The van der Waals surface area contributed by atoms with E-state index >= 15 is 0 Å². The predicted octanol–water partition coefficient (Wildman–Crippen LogP) is 2.79. The number of hydrogen-bond acceptors (Lipinski definition) is 2. The third-order valence-electron chi connectivity index (χ3n) is 3.40. The van der Waals surface area contributed by atoms with Crippen molar-refractivity contribution in [2.45, 2.75) is 33.2 Å². The molecule has 1 aromatic rings. The summed E-state index contributed by atoms with van der Waals surface area (Å²) in [5.74, 6) is 0.771. The van der Waals surface area contributed by atoms with Crippen LogP contribution in [0.1, 0.15) is 31.4 Å². The molecule has 2 heteroatoms. The van der Waals surface area contributed by atoms with Crippen molar-refractivity contribution in [3.8, 4) is 0 Å². The summed E-state index contributed by atoms with van der Waals surface area (Å²) in [6, 6.07) is 6.79. The van der Waals surface area contributed by atoms with E-state index in [1.807, 2.05) is 0 Å². The Labute approximate surface area is 98.4 Å². The van der Waals surface area contributed by atoms with Gasteiger partial charge in [0.15, 0.2) is 0 Å². The van der Waals surface area contributed by atoms with Crippen molar-refractivity contribution >= 4 is 5.69 Å². The van der Waals surface area contributed by atoms with E-state index in [4.69, 9.17) is 0 Å². The van der Waals surface area contributed by atoms with Crippen molar-refractivity contribution < 1.29 is 0 Å². The van der Waals surface area contributed by atoms with Gasteiger partial charge >= 0.3 is 0 Å². The zero-order valence-corrected chi connectivity index (χ0v) is 10.3. The molecule has 1 aliphatic rings. The normalized spacial score (nSPS) is 15.6. The van der Waals surface area contributed by atoms with Crippen LogP contribution >= 0.6 is 0 Å². The lowest BCUT2D eigenvalue weighted by Gasteiger charge is -2.10. The summed E-state index contributed by atoms with van der Waals surface area (Å²) in [5, 5.41) is 6.94. The maximum Gasteiger partial charge on any atom is 0.0376 e. The molecule has 0 radical (unpaired) electrons. The maximum atomic E-state index is 3.52. The van der Waals surface area contributed by atoms with Gasteiger partial charge in [-0.2, -0.15) is 0 Å². The van der Waals surface area contributed by atoms with Gasteiger partial charge < -0.3 is 10.6 Å². The van der Waals surface area contributed by atoms with Gasteiger partial charge in [0.05, 0.1) is 0 Å². The molecule has 2 N–H and O–H groups in total. The fourth-order valence-electron chi connectivity index (χ4n) is 2.06. The van der Waals surface area contributed by atoms with Crippen molar-refractivity contribution in [2.75, 3.05) is 18.4 Å². The molecule has 2 nitrogen and oxygen atoms in total. The van der Waals surface area contributed by atoms with Crippen molar-refractivity contribution in [1.29, 1.82) is 0 Å². The first kappa shape index (κ1) is 11.5. The summed E-state index contributed by atoms with van der Waals surface area (Å²) < 4.78 is 0. The largest absolute Gasteiger partial charge is 0.384 e. The molecule has 1 heterocycles. The molecule has 1 aliphatic heterocycles. The summed E-state index contributed by atoms with van der Waals surface area (Å²) in [4.78, 5) is 0. The lowest BCUT2D eigenvalue weighted by Crippen LogP contribution is -2.20. The van der Waals surface area contributed by atoms with Gasteiger partial charge in [-0.05, 0) is 36.1 Å². The Morgan fingerprint density at radius 2 is 2.31 bits per heavy atom. The minimum absolute atomic E-state index is 0.771. The molecule has 0 saturated carbocycles. The summed E-state index contributed by atoms with van der Waals surface area (Å²) in [6.45, 7) is 7.72. The number of rotatable bonds is 5. The second-order valence-electron chi connectivity index (χ2n) is 4.81. The number of nitrogens with one attached hydrogen (secondary N) is 2. The Morgan fingerprint density at radius 3 is 3.12 bits per heavy atom. The van der Waals surface area contributed by atoms with Crippen LogP contribution < -0.4 is 10.6 Å². The summed E-state index contributed by atoms with van der Waals surface area (Å²) >= 11 is 0. The second kappa shape index (κ2) is 5.35. The Morgan fingerprint density at radius 1 is 1.44 bits per heavy atom. The highest BCUT2D eigenvalue weighted by molar-refractivity contribution is 5.56. The standard InChI is InChI=1S/C14H22N2/c1-3-11(2)9-15-10-12-4-5-13-6-7-16-14(13)8-12/h4-5,8,11,15-16H,3,6-7,9-10H2,1-2H3. The number of hydrogen-bond donors (Lipinski definition) is 2. The number of fused-ring (bicyclic) bond motifs is 1. The zero-order chi connectivity index (χ0) is 11.4. The third kappa shape index (κ3) is 2.76. The van der Waals surface area contributed by atoms with E-state index in [0.29, 0.717) is 0 Å². The van der Waals surface area contributed by atoms with Gasteiger partial charge in [-0.3, -0.25) is 0 Å². The van der Waals surface area contributed by atoms with Crippen molar-refractivity contribution in [1.82, 2.24) is 5.32 Å². The first-order chi connectivity index (χ1) is 7.79. The van der Waals surface area contributed by atoms with Crippen LogP contribution in [0.3, 0.4) is 0 Å². The van der Waals surface area contributed by atoms with Gasteiger partial charge in [0.25, 0.3) is 0 Å². The van der Waals surface area contributed by atoms with E-state index in [0.717, 1.165) is 25.6 Å². The van der Waals surface area contributed by atoms with E-state index in [2.05, 4.69) is 42.7 Å². The van der Waals surface area contributed by atoms with E-state index in [-0.39, 0.29) is 0 Å². The highest BCUT2D eigenvalue weighted by Gasteiger charge is 2.09. The molecule has 1 atom stereocenters. The molecule has 0 fully saturated rings. The zero-order valence-electron chi connectivity index (χ0n) is 10.3.